The second-order valence-electron chi connectivity index (χ2n) is 5.69. The average Bonchev–Trinajstić information content (AvgIpc) is 2.55. The minimum atomic E-state index is -0.445. The minimum absolute atomic E-state index is 0.00667. The van der Waals surface area contributed by atoms with Gasteiger partial charge in [-0.15, -0.1) is 0 Å². The van der Waals surface area contributed by atoms with Crippen LogP contribution in [0, 0.1) is 0 Å². The predicted octanol–water partition coefficient (Wildman–Crippen LogP) is 0.588. The van der Waals surface area contributed by atoms with Crippen LogP contribution in [-0.4, -0.2) is 86.0 Å². The first-order chi connectivity index (χ1) is 10.8. The summed E-state index contributed by atoms with van der Waals surface area (Å²) < 4.78 is 20.8. The number of methoxy groups -OCH3 is 1. The zero-order chi connectivity index (χ0) is 18.3. The zero-order valence-electron chi connectivity index (χ0n) is 15.4. The molecule has 0 rings (SSSR count). The van der Waals surface area contributed by atoms with Crippen molar-refractivity contribution in [2.75, 3.05) is 40.1 Å². The number of rotatable bonds is 12. The van der Waals surface area contributed by atoms with Gasteiger partial charge in [0.05, 0.1) is 63.6 Å². The van der Waals surface area contributed by atoms with Gasteiger partial charge in [-0.3, -0.25) is 0 Å². The highest BCUT2D eigenvalue weighted by Gasteiger charge is 2.08. The third-order valence-corrected chi connectivity index (χ3v) is 2.77. The molecule has 0 spiro atoms. The van der Waals surface area contributed by atoms with E-state index in [-0.39, 0.29) is 37.6 Å². The Bertz CT molecular complexity index is 224. The second kappa shape index (κ2) is 16.6. The predicted molar refractivity (Wildman–Crippen MR) is 88.6 cm³/mol. The Labute approximate surface area is 140 Å². The lowest BCUT2D eigenvalue weighted by Gasteiger charge is -2.18. The molecule has 0 saturated carbocycles. The van der Waals surface area contributed by atoms with E-state index in [0.717, 1.165) is 0 Å². The summed E-state index contributed by atoms with van der Waals surface area (Å²) in [6.45, 7) is 10.5. The molecule has 0 radical (unpaired) electrons. The van der Waals surface area contributed by atoms with E-state index < -0.39 is 6.10 Å². The van der Waals surface area contributed by atoms with Crippen LogP contribution in [0.5, 0.6) is 0 Å². The summed E-state index contributed by atoms with van der Waals surface area (Å²) in [5.74, 6) is 0. The molecular weight excluding hydrogens is 304 g/mol. The van der Waals surface area contributed by atoms with Crippen molar-refractivity contribution in [1.29, 1.82) is 0 Å². The second-order valence-corrected chi connectivity index (χ2v) is 5.69. The maximum Gasteiger partial charge on any atom is 0.0781 e. The van der Waals surface area contributed by atoms with Gasteiger partial charge in [0.2, 0.25) is 0 Å². The summed E-state index contributed by atoms with van der Waals surface area (Å²) in [5.41, 5.74) is 0. The lowest BCUT2D eigenvalue weighted by atomic mass is 10.4. The first-order valence-corrected chi connectivity index (χ1v) is 8.04. The van der Waals surface area contributed by atoms with E-state index >= 15 is 0 Å². The van der Waals surface area contributed by atoms with Gasteiger partial charge in [-0.1, -0.05) is 0 Å². The molecule has 0 fully saturated rings. The normalized spacial score (nSPS) is 17.6. The molecule has 0 aromatic rings. The van der Waals surface area contributed by atoms with Gasteiger partial charge in [-0.05, 0) is 34.6 Å². The number of hydrogen-bond donors (Lipinski definition) is 3. The summed E-state index contributed by atoms with van der Waals surface area (Å²) in [4.78, 5) is 0. The molecule has 5 atom stereocenters. The third-order valence-electron chi connectivity index (χ3n) is 2.77. The Kier molecular flexibility index (Phi) is 18.0. The molecule has 0 heterocycles. The van der Waals surface area contributed by atoms with Crippen molar-refractivity contribution < 1.29 is 34.3 Å². The van der Waals surface area contributed by atoms with Crippen LogP contribution < -0.4 is 0 Å². The molecule has 0 bridgehead atoms. The van der Waals surface area contributed by atoms with E-state index in [9.17, 15) is 0 Å². The Morgan fingerprint density at radius 2 is 1.04 bits per heavy atom. The smallest absolute Gasteiger partial charge is 0.0781 e. The molecule has 7 nitrogen and oxygen atoms in total. The Morgan fingerprint density at radius 1 is 0.652 bits per heavy atom. The lowest BCUT2D eigenvalue weighted by molar-refractivity contribution is -0.0677. The fourth-order valence-corrected chi connectivity index (χ4v) is 1.12. The first-order valence-electron chi connectivity index (χ1n) is 8.04. The van der Waals surface area contributed by atoms with Crippen molar-refractivity contribution in [2.45, 2.75) is 65.1 Å². The maximum absolute atomic E-state index is 8.72. The van der Waals surface area contributed by atoms with Crippen molar-refractivity contribution in [3.63, 3.8) is 0 Å². The van der Waals surface area contributed by atoms with Crippen LogP contribution in [0.15, 0.2) is 0 Å². The summed E-state index contributed by atoms with van der Waals surface area (Å²) in [5, 5.41) is 25.8. The van der Waals surface area contributed by atoms with Gasteiger partial charge >= 0.3 is 0 Å². The number of hydrogen-bond acceptors (Lipinski definition) is 7. The first kappa shape index (κ1) is 25.0. The van der Waals surface area contributed by atoms with Crippen molar-refractivity contribution in [3.05, 3.63) is 0 Å². The van der Waals surface area contributed by atoms with Crippen LogP contribution in [0.2, 0.25) is 0 Å². The van der Waals surface area contributed by atoms with Crippen LogP contribution in [0.1, 0.15) is 34.6 Å². The fourth-order valence-electron chi connectivity index (χ4n) is 1.12. The van der Waals surface area contributed by atoms with E-state index in [1.165, 1.54) is 0 Å². The minimum Gasteiger partial charge on any atom is -0.394 e. The fraction of sp³-hybridized carbons (Fsp3) is 1.00. The van der Waals surface area contributed by atoms with Crippen LogP contribution in [0.25, 0.3) is 0 Å². The van der Waals surface area contributed by atoms with Crippen LogP contribution in [-0.2, 0) is 18.9 Å². The molecule has 5 unspecified atom stereocenters. The van der Waals surface area contributed by atoms with Crippen molar-refractivity contribution in [2.24, 2.45) is 0 Å². The van der Waals surface area contributed by atoms with Gasteiger partial charge in [0, 0.05) is 7.11 Å². The quantitative estimate of drug-likeness (QED) is 0.478. The zero-order valence-corrected chi connectivity index (χ0v) is 15.4. The molecule has 7 heteroatoms. The third kappa shape index (κ3) is 19.7. The Morgan fingerprint density at radius 3 is 1.43 bits per heavy atom. The van der Waals surface area contributed by atoms with Gasteiger partial charge in [-0.25, -0.2) is 0 Å². The van der Waals surface area contributed by atoms with E-state index in [1.54, 1.807) is 21.0 Å². The SMILES string of the molecule is CC(O)COC(C)CO.COC(C)COC(C)COC(C)CO. The van der Waals surface area contributed by atoms with E-state index in [0.29, 0.717) is 19.8 Å². The van der Waals surface area contributed by atoms with Crippen molar-refractivity contribution in [3.8, 4) is 0 Å². The molecular formula is C16H36O7. The molecule has 23 heavy (non-hydrogen) atoms. The Hall–Kier alpha value is -0.280. The number of aliphatic hydroxyl groups is 3. The molecule has 0 aliphatic carbocycles. The highest BCUT2D eigenvalue weighted by Crippen LogP contribution is 1.98. The molecule has 3 N–H and O–H groups in total. The van der Waals surface area contributed by atoms with E-state index in [4.69, 9.17) is 34.3 Å². The maximum atomic E-state index is 8.72. The Balaban J connectivity index is 0. The molecule has 0 aromatic heterocycles. The van der Waals surface area contributed by atoms with Crippen LogP contribution in [0.3, 0.4) is 0 Å². The van der Waals surface area contributed by atoms with Gasteiger partial charge in [0.1, 0.15) is 0 Å². The highest BCUT2D eigenvalue weighted by molar-refractivity contribution is 4.53. The summed E-state index contributed by atoms with van der Waals surface area (Å²) in [6, 6.07) is 0. The summed E-state index contributed by atoms with van der Waals surface area (Å²) >= 11 is 0. The van der Waals surface area contributed by atoms with Gasteiger partial charge in [-0.2, -0.15) is 0 Å². The molecule has 0 saturated heterocycles. The van der Waals surface area contributed by atoms with E-state index in [2.05, 4.69) is 0 Å². The van der Waals surface area contributed by atoms with Gasteiger partial charge in [0.25, 0.3) is 0 Å². The van der Waals surface area contributed by atoms with Crippen molar-refractivity contribution in [1.82, 2.24) is 0 Å². The average molecular weight is 340 g/mol. The molecule has 0 amide bonds. The molecule has 0 aromatic carbocycles. The highest BCUT2D eigenvalue weighted by atomic mass is 16.6. The number of ether oxygens (including phenoxy) is 4. The van der Waals surface area contributed by atoms with Crippen molar-refractivity contribution >= 4 is 0 Å². The van der Waals surface area contributed by atoms with Crippen LogP contribution >= 0.6 is 0 Å². The molecule has 0 aliphatic rings. The largest absolute Gasteiger partial charge is 0.394 e. The molecule has 142 valence electrons. The standard InChI is InChI=1S/C10H22O4.C6H14O3/c1-8(5-11)13-7-10(3)14-6-9(2)12-4;1-5(8)4-9-6(2)3-7/h8-11H,5-7H2,1-4H3;5-8H,3-4H2,1-2H3. The summed E-state index contributed by atoms with van der Waals surface area (Å²) in [7, 11) is 1.66. The monoisotopic (exact) mass is 340 g/mol. The molecule has 0 aliphatic heterocycles. The van der Waals surface area contributed by atoms with Crippen LogP contribution in [0.4, 0.5) is 0 Å². The lowest BCUT2D eigenvalue weighted by Crippen LogP contribution is -2.25. The van der Waals surface area contributed by atoms with Gasteiger partial charge in [0.15, 0.2) is 0 Å². The topological polar surface area (TPSA) is 97.6 Å². The van der Waals surface area contributed by atoms with E-state index in [1.807, 2.05) is 20.8 Å². The number of aliphatic hydroxyl groups excluding tert-OH is 3. The summed E-state index contributed by atoms with van der Waals surface area (Å²) in [6.07, 6.45) is -0.603. The van der Waals surface area contributed by atoms with Gasteiger partial charge < -0.3 is 34.3 Å².